The van der Waals surface area contributed by atoms with Crippen LogP contribution in [0.5, 0.6) is 0 Å². The molecule has 0 spiro atoms. The maximum atomic E-state index is 13.1. The molecule has 0 atom stereocenters. The van der Waals surface area contributed by atoms with E-state index in [0.717, 1.165) is 0 Å². The van der Waals surface area contributed by atoms with Gasteiger partial charge in [-0.25, -0.2) is 13.2 Å². The van der Waals surface area contributed by atoms with Crippen LogP contribution in [-0.2, 0) is 11.3 Å². The smallest absolute Gasteiger partial charge is 0.371 e. The summed E-state index contributed by atoms with van der Waals surface area (Å²) in [5.41, 5.74) is -0.116. The van der Waals surface area contributed by atoms with Crippen LogP contribution in [0.4, 0.5) is 26.3 Å². The lowest BCUT2D eigenvalue weighted by molar-refractivity contribution is -0.173. The predicted molar refractivity (Wildman–Crippen MR) is 54.9 cm³/mol. The van der Waals surface area contributed by atoms with Gasteiger partial charge in [-0.3, -0.25) is 0 Å². The fraction of sp³-hybridized carbons (Fsp3) is 0.455. The minimum Gasteiger partial charge on any atom is -0.371 e. The maximum absolute atomic E-state index is 13.1. The third-order valence-electron chi connectivity index (χ3n) is 2.09. The van der Waals surface area contributed by atoms with Crippen molar-refractivity contribution in [3.8, 4) is 0 Å². The summed E-state index contributed by atoms with van der Waals surface area (Å²) >= 11 is 0. The molecule has 0 unspecified atom stereocenters. The molecule has 1 aromatic carbocycles. The summed E-state index contributed by atoms with van der Waals surface area (Å²) in [6.07, 6.45) is -4.40. The third-order valence-corrected chi connectivity index (χ3v) is 2.09. The van der Waals surface area contributed by atoms with Crippen LogP contribution in [-0.4, -0.2) is 25.9 Å². The molecule has 1 N–H and O–H groups in total. The number of benzene rings is 1. The van der Waals surface area contributed by atoms with Crippen LogP contribution in [0.25, 0.3) is 0 Å². The van der Waals surface area contributed by atoms with E-state index in [-0.39, 0.29) is 25.3 Å². The molecular weight excluding hydrogens is 276 g/mol. The van der Waals surface area contributed by atoms with Crippen LogP contribution >= 0.6 is 0 Å². The standard InChI is InChI=1S/C11H11F6NO/c12-8-4-10(14)9(13)3-7(8)5-18-1-2-19-6-11(15,16)17/h3-4,18H,1-2,5-6H2. The number of hydrogen-bond donors (Lipinski definition) is 1. The van der Waals surface area contributed by atoms with Gasteiger partial charge in [0.2, 0.25) is 0 Å². The van der Waals surface area contributed by atoms with Gasteiger partial charge in [-0.15, -0.1) is 0 Å². The van der Waals surface area contributed by atoms with Crippen molar-refractivity contribution in [2.45, 2.75) is 12.7 Å². The van der Waals surface area contributed by atoms with Gasteiger partial charge in [0.25, 0.3) is 0 Å². The topological polar surface area (TPSA) is 21.3 Å². The molecule has 0 saturated heterocycles. The van der Waals surface area contributed by atoms with Gasteiger partial charge in [0, 0.05) is 24.7 Å². The Morgan fingerprint density at radius 3 is 2.26 bits per heavy atom. The number of nitrogens with one attached hydrogen (secondary N) is 1. The zero-order valence-electron chi connectivity index (χ0n) is 9.66. The highest BCUT2D eigenvalue weighted by Gasteiger charge is 2.27. The fourth-order valence-electron chi connectivity index (χ4n) is 1.25. The Kier molecular flexibility index (Phi) is 5.61. The van der Waals surface area contributed by atoms with Crippen LogP contribution in [0.1, 0.15) is 5.56 Å². The number of rotatable bonds is 6. The van der Waals surface area contributed by atoms with Gasteiger partial charge in [0.1, 0.15) is 12.4 Å². The minimum atomic E-state index is -4.40. The van der Waals surface area contributed by atoms with E-state index in [2.05, 4.69) is 10.1 Å². The van der Waals surface area contributed by atoms with Crippen LogP contribution < -0.4 is 5.32 Å². The SMILES string of the molecule is Fc1cc(F)c(CNCCOCC(F)(F)F)cc1F. The molecule has 0 heterocycles. The predicted octanol–water partition coefficient (Wildman–Crippen LogP) is 2.77. The Bertz CT molecular complexity index is 420. The molecule has 0 aromatic heterocycles. The first-order chi connectivity index (χ1) is 8.79. The average molecular weight is 287 g/mol. The van der Waals surface area contributed by atoms with E-state index in [0.29, 0.717) is 12.1 Å². The number of alkyl halides is 3. The molecule has 0 aliphatic heterocycles. The van der Waals surface area contributed by atoms with Gasteiger partial charge >= 0.3 is 6.18 Å². The summed E-state index contributed by atoms with van der Waals surface area (Å²) < 4.78 is 77.9. The molecule has 8 heteroatoms. The lowest BCUT2D eigenvalue weighted by Crippen LogP contribution is -2.24. The second-order valence-electron chi connectivity index (χ2n) is 3.70. The van der Waals surface area contributed by atoms with Crippen molar-refractivity contribution in [3.63, 3.8) is 0 Å². The molecule has 0 fully saturated rings. The van der Waals surface area contributed by atoms with Crippen molar-refractivity contribution in [2.75, 3.05) is 19.8 Å². The maximum Gasteiger partial charge on any atom is 0.411 e. The molecule has 2 nitrogen and oxygen atoms in total. The van der Waals surface area contributed by atoms with Crippen molar-refractivity contribution in [1.29, 1.82) is 0 Å². The van der Waals surface area contributed by atoms with E-state index < -0.39 is 30.2 Å². The molecule has 108 valence electrons. The molecule has 1 aromatic rings. The molecule has 1 rings (SSSR count). The highest BCUT2D eigenvalue weighted by atomic mass is 19.4. The van der Waals surface area contributed by atoms with E-state index >= 15 is 0 Å². The Morgan fingerprint density at radius 1 is 1.00 bits per heavy atom. The summed E-state index contributed by atoms with van der Waals surface area (Å²) in [6.45, 7) is -1.72. The molecule has 0 aliphatic carbocycles. The van der Waals surface area contributed by atoms with Crippen LogP contribution in [0.15, 0.2) is 12.1 Å². The highest BCUT2D eigenvalue weighted by molar-refractivity contribution is 5.19. The molecule has 0 radical (unpaired) electrons. The summed E-state index contributed by atoms with van der Waals surface area (Å²) in [7, 11) is 0. The van der Waals surface area contributed by atoms with Crippen molar-refractivity contribution >= 4 is 0 Å². The second-order valence-corrected chi connectivity index (χ2v) is 3.70. The Labute approximate surface area is 105 Å². The van der Waals surface area contributed by atoms with E-state index in [1.165, 1.54) is 0 Å². The average Bonchev–Trinajstić information content (AvgIpc) is 2.28. The largest absolute Gasteiger partial charge is 0.411 e. The van der Waals surface area contributed by atoms with Crippen molar-refractivity contribution in [1.82, 2.24) is 5.32 Å². The molecule has 0 bridgehead atoms. The summed E-state index contributed by atoms with van der Waals surface area (Å²) in [5, 5.41) is 2.55. The zero-order valence-corrected chi connectivity index (χ0v) is 9.66. The lowest BCUT2D eigenvalue weighted by Gasteiger charge is -2.09. The monoisotopic (exact) mass is 287 g/mol. The van der Waals surface area contributed by atoms with Crippen LogP contribution in [0.2, 0.25) is 0 Å². The van der Waals surface area contributed by atoms with Gasteiger partial charge in [-0.2, -0.15) is 13.2 Å². The zero-order chi connectivity index (χ0) is 14.5. The number of halogens is 6. The van der Waals surface area contributed by atoms with Crippen molar-refractivity contribution in [2.24, 2.45) is 0 Å². The summed E-state index contributed by atoms with van der Waals surface area (Å²) in [6, 6.07) is 1.10. The first-order valence-electron chi connectivity index (χ1n) is 5.28. The first kappa shape index (κ1) is 15.8. The third kappa shape index (κ3) is 5.93. The van der Waals surface area contributed by atoms with Crippen LogP contribution in [0, 0.1) is 17.5 Å². The summed E-state index contributed by atoms with van der Waals surface area (Å²) in [5.74, 6) is -3.41. The van der Waals surface area contributed by atoms with Crippen LogP contribution in [0.3, 0.4) is 0 Å². The van der Waals surface area contributed by atoms with E-state index in [4.69, 9.17) is 0 Å². The molecule has 19 heavy (non-hydrogen) atoms. The molecule has 0 amide bonds. The van der Waals surface area contributed by atoms with Gasteiger partial charge in [-0.1, -0.05) is 0 Å². The van der Waals surface area contributed by atoms with Crippen molar-refractivity contribution in [3.05, 3.63) is 35.1 Å². The Hall–Kier alpha value is -1.28. The summed E-state index contributed by atoms with van der Waals surface area (Å²) in [4.78, 5) is 0. The number of hydrogen-bond acceptors (Lipinski definition) is 2. The second kappa shape index (κ2) is 6.76. The lowest BCUT2D eigenvalue weighted by atomic mass is 10.2. The van der Waals surface area contributed by atoms with Gasteiger partial charge in [0.15, 0.2) is 11.6 Å². The van der Waals surface area contributed by atoms with Gasteiger partial charge < -0.3 is 10.1 Å². The van der Waals surface area contributed by atoms with Crippen molar-refractivity contribution < 1.29 is 31.1 Å². The number of ether oxygens (including phenoxy) is 1. The molecular formula is C11H11F6NO. The van der Waals surface area contributed by atoms with Gasteiger partial charge in [0.05, 0.1) is 6.61 Å². The van der Waals surface area contributed by atoms with E-state index in [9.17, 15) is 26.3 Å². The fourth-order valence-corrected chi connectivity index (χ4v) is 1.25. The normalized spacial score (nSPS) is 11.9. The highest BCUT2D eigenvalue weighted by Crippen LogP contribution is 2.14. The molecule has 0 saturated carbocycles. The minimum absolute atomic E-state index is 0.0223. The Balaban J connectivity index is 2.28. The van der Waals surface area contributed by atoms with E-state index in [1.807, 2.05) is 0 Å². The Morgan fingerprint density at radius 2 is 1.63 bits per heavy atom. The molecule has 0 aliphatic rings. The quantitative estimate of drug-likeness (QED) is 0.493. The van der Waals surface area contributed by atoms with E-state index in [1.54, 1.807) is 0 Å². The van der Waals surface area contributed by atoms with Gasteiger partial charge in [-0.05, 0) is 6.07 Å². The first-order valence-corrected chi connectivity index (χ1v) is 5.28.